The van der Waals surface area contributed by atoms with Crippen LogP contribution in [0.4, 0.5) is 4.39 Å². The Morgan fingerprint density at radius 1 is 0.969 bits per heavy atom. The quantitative estimate of drug-likeness (QED) is 0.201. The molecule has 0 saturated heterocycles. The molecule has 32 heavy (non-hydrogen) atoms. The minimum Gasteiger partial charge on any atom is -0.301 e. The molecule has 2 heterocycles. The highest BCUT2D eigenvalue weighted by Gasteiger charge is 2.18. The lowest BCUT2D eigenvalue weighted by Crippen LogP contribution is -1.95. The van der Waals surface area contributed by atoms with Gasteiger partial charge in [-0.25, -0.2) is 14.4 Å². The van der Waals surface area contributed by atoms with Gasteiger partial charge in [0.2, 0.25) is 0 Å². The molecule has 158 valence electrons. The fourth-order valence-electron chi connectivity index (χ4n) is 3.69. The Morgan fingerprint density at radius 2 is 1.81 bits per heavy atom. The van der Waals surface area contributed by atoms with Crippen LogP contribution < -0.4 is 0 Å². The average Bonchev–Trinajstić information content (AvgIpc) is 3.20. The van der Waals surface area contributed by atoms with Crippen molar-refractivity contribution in [3.8, 4) is 16.8 Å². The summed E-state index contributed by atoms with van der Waals surface area (Å²) in [4.78, 5) is 9.21. The molecule has 3 aromatic carbocycles. The molecule has 3 nitrogen and oxygen atoms in total. The fraction of sp³-hybridized carbons (Fsp3) is 0.0769. The highest BCUT2D eigenvalue weighted by Crippen LogP contribution is 2.38. The first-order valence-electron chi connectivity index (χ1n) is 10.2. The average molecular weight is 460 g/mol. The molecule has 0 spiro atoms. The molecule has 0 fully saturated rings. The summed E-state index contributed by atoms with van der Waals surface area (Å²) in [5, 5.41) is 2.53. The third-order valence-electron chi connectivity index (χ3n) is 5.33. The summed E-state index contributed by atoms with van der Waals surface area (Å²) < 4.78 is 15.7. The summed E-state index contributed by atoms with van der Waals surface area (Å²) >= 11 is 8.00. The van der Waals surface area contributed by atoms with E-state index in [1.54, 1.807) is 30.2 Å². The third-order valence-corrected chi connectivity index (χ3v) is 6.80. The van der Waals surface area contributed by atoms with Gasteiger partial charge in [0, 0.05) is 28.2 Å². The molecule has 0 N–H and O–H groups in total. The smallest absolute Gasteiger partial charge is 0.149 e. The maximum absolute atomic E-state index is 13.6. The van der Waals surface area contributed by atoms with E-state index in [0.717, 1.165) is 44.0 Å². The van der Waals surface area contributed by atoms with Crippen LogP contribution in [-0.2, 0) is 5.75 Å². The zero-order valence-electron chi connectivity index (χ0n) is 17.3. The first-order chi connectivity index (χ1) is 15.6. The number of fused-ring (bicyclic) bond motifs is 1. The van der Waals surface area contributed by atoms with E-state index in [2.05, 4.69) is 32.9 Å². The van der Waals surface area contributed by atoms with Crippen LogP contribution >= 0.6 is 23.4 Å². The van der Waals surface area contributed by atoms with E-state index in [0.29, 0.717) is 10.8 Å². The van der Waals surface area contributed by atoms with Crippen LogP contribution in [0.2, 0.25) is 5.02 Å². The van der Waals surface area contributed by atoms with Gasteiger partial charge in [-0.1, -0.05) is 60.1 Å². The Labute approximate surface area is 194 Å². The van der Waals surface area contributed by atoms with E-state index in [9.17, 15) is 4.39 Å². The zero-order valence-corrected chi connectivity index (χ0v) is 18.9. The predicted molar refractivity (Wildman–Crippen MR) is 130 cm³/mol. The van der Waals surface area contributed by atoms with Crippen LogP contribution in [0, 0.1) is 12.7 Å². The first kappa shape index (κ1) is 20.7. The Morgan fingerprint density at radius 3 is 2.59 bits per heavy atom. The Kier molecular flexibility index (Phi) is 5.68. The van der Waals surface area contributed by atoms with E-state index >= 15 is 0 Å². The lowest BCUT2D eigenvalue weighted by molar-refractivity contribution is 0.626. The molecule has 0 aliphatic rings. The molecule has 0 radical (unpaired) electrons. The maximum atomic E-state index is 13.6. The van der Waals surface area contributed by atoms with Gasteiger partial charge in [-0.3, -0.25) is 0 Å². The molecule has 0 aliphatic carbocycles. The van der Waals surface area contributed by atoms with Crippen LogP contribution in [0.1, 0.15) is 11.1 Å². The summed E-state index contributed by atoms with van der Waals surface area (Å²) in [5.41, 5.74) is 5.80. The van der Waals surface area contributed by atoms with Gasteiger partial charge >= 0.3 is 0 Å². The van der Waals surface area contributed by atoms with Crippen LogP contribution in [0.25, 0.3) is 27.8 Å². The number of hydrogen-bond donors (Lipinski definition) is 0. The third kappa shape index (κ3) is 4.01. The summed E-state index contributed by atoms with van der Waals surface area (Å²) in [5.74, 6) is 0.378. The molecular weight excluding hydrogens is 441 g/mol. The summed E-state index contributed by atoms with van der Waals surface area (Å²) in [6.45, 7) is 1.98. The highest BCUT2D eigenvalue weighted by molar-refractivity contribution is 7.98. The van der Waals surface area contributed by atoms with E-state index in [4.69, 9.17) is 11.6 Å². The normalized spacial score (nSPS) is 11.2. The Balaban J connectivity index is 1.66. The van der Waals surface area contributed by atoms with Gasteiger partial charge in [-0.05, 0) is 47.9 Å². The van der Waals surface area contributed by atoms with Crippen molar-refractivity contribution in [2.75, 3.05) is 0 Å². The lowest BCUT2D eigenvalue weighted by Gasteiger charge is -2.08. The van der Waals surface area contributed by atoms with Crippen molar-refractivity contribution in [3.05, 3.63) is 107 Å². The monoisotopic (exact) mass is 459 g/mol. The topological polar surface area (TPSA) is 30.7 Å². The number of aryl methyl sites for hydroxylation is 1. The van der Waals surface area contributed by atoms with Crippen molar-refractivity contribution < 1.29 is 4.39 Å². The second kappa shape index (κ2) is 8.77. The van der Waals surface area contributed by atoms with Crippen molar-refractivity contribution in [1.29, 1.82) is 0 Å². The summed E-state index contributed by atoms with van der Waals surface area (Å²) in [6.07, 6.45) is 3.67. The summed E-state index contributed by atoms with van der Waals surface area (Å²) in [6, 6.07) is 22.9. The van der Waals surface area contributed by atoms with Crippen LogP contribution in [0.5, 0.6) is 0 Å². The number of hydrogen-bond acceptors (Lipinski definition) is 3. The zero-order chi connectivity index (χ0) is 22.1. The van der Waals surface area contributed by atoms with Gasteiger partial charge in [0.15, 0.2) is 0 Å². The molecule has 5 aromatic rings. The summed E-state index contributed by atoms with van der Waals surface area (Å²) in [7, 11) is 0. The van der Waals surface area contributed by atoms with E-state index in [-0.39, 0.29) is 5.82 Å². The second-order valence-corrected chi connectivity index (χ2v) is 8.88. The highest BCUT2D eigenvalue weighted by atomic mass is 35.5. The minimum atomic E-state index is -0.233. The van der Waals surface area contributed by atoms with E-state index < -0.39 is 0 Å². The Bertz CT molecular complexity index is 1420. The minimum absolute atomic E-state index is 0.233. The van der Waals surface area contributed by atoms with Crippen molar-refractivity contribution >= 4 is 34.4 Å². The number of benzene rings is 3. The van der Waals surface area contributed by atoms with Crippen molar-refractivity contribution in [2.45, 2.75) is 17.7 Å². The van der Waals surface area contributed by atoms with Gasteiger partial charge in [0.1, 0.15) is 22.8 Å². The molecule has 0 unspecified atom stereocenters. The maximum Gasteiger partial charge on any atom is 0.149 e. The van der Waals surface area contributed by atoms with Crippen molar-refractivity contribution in [2.24, 2.45) is 0 Å². The second-order valence-electron chi connectivity index (χ2n) is 7.51. The number of thioether (sulfide) groups is 1. The molecule has 5 rings (SSSR count). The van der Waals surface area contributed by atoms with Crippen molar-refractivity contribution in [3.63, 3.8) is 0 Å². The molecule has 6 heteroatoms. The molecule has 0 aliphatic heterocycles. The SMILES string of the molecule is Cc1ccc(-n2cc(-c3ccccc3)c3c(SCc4cccc(F)c4)ncnc32)cc1Cl. The number of nitrogens with zero attached hydrogens (tertiary/aromatic N) is 3. The van der Waals surface area contributed by atoms with Crippen LogP contribution in [0.3, 0.4) is 0 Å². The van der Waals surface area contributed by atoms with Gasteiger partial charge < -0.3 is 4.57 Å². The molecule has 0 atom stereocenters. The molecule has 0 bridgehead atoms. The van der Waals surface area contributed by atoms with Gasteiger partial charge in [-0.2, -0.15) is 0 Å². The van der Waals surface area contributed by atoms with Crippen LogP contribution in [-0.4, -0.2) is 14.5 Å². The molecule has 0 saturated carbocycles. The van der Waals surface area contributed by atoms with Gasteiger partial charge in [-0.15, -0.1) is 11.8 Å². The number of rotatable bonds is 5. The fourth-order valence-corrected chi connectivity index (χ4v) is 4.81. The van der Waals surface area contributed by atoms with E-state index in [1.807, 2.05) is 49.4 Å². The van der Waals surface area contributed by atoms with Gasteiger partial charge in [0.25, 0.3) is 0 Å². The van der Waals surface area contributed by atoms with E-state index in [1.165, 1.54) is 6.07 Å². The largest absolute Gasteiger partial charge is 0.301 e. The molecule has 0 amide bonds. The number of halogens is 2. The molecular formula is C26H19ClFN3S. The molecule has 2 aromatic heterocycles. The first-order valence-corrected chi connectivity index (χ1v) is 11.5. The predicted octanol–water partition coefficient (Wildman–Crippen LogP) is 7.48. The van der Waals surface area contributed by atoms with Crippen LogP contribution in [0.15, 0.2) is 90.3 Å². The van der Waals surface area contributed by atoms with Gasteiger partial charge in [0.05, 0.1) is 5.39 Å². The van der Waals surface area contributed by atoms with Crippen molar-refractivity contribution in [1.82, 2.24) is 14.5 Å². The lowest BCUT2D eigenvalue weighted by atomic mass is 10.1. The Hall–Kier alpha value is -3.15. The number of aromatic nitrogens is 3. The standard InChI is InChI=1S/C26H19ClFN3S/c1-17-10-11-21(13-23(17)27)31-14-22(19-7-3-2-4-8-19)24-25(31)29-16-30-26(24)32-15-18-6-5-9-20(28)12-18/h2-14,16H,15H2,1H3.